The highest BCUT2D eigenvalue weighted by Crippen LogP contribution is 2.23. The van der Waals surface area contributed by atoms with Crippen molar-refractivity contribution in [3.63, 3.8) is 0 Å². The maximum atomic E-state index is 11.3. The Morgan fingerprint density at radius 1 is 1.47 bits per heavy atom. The average molecular weight is 266 g/mol. The normalized spacial score (nSPS) is 10.3. The van der Waals surface area contributed by atoms with E-state index < -0.39 is 0 Å². The van der Waals surface area contributed by atoms with Crippen LogP contribution in [-0.2, 0) is 4.74 Å². The number of rotatable bonds is 1. The zero-order valence-electron chi connectivity index (χ0n) is 8.03. The van der Waals surface area contributed by atoms with Gasteiger partial charge in [-0.15, -0.1) is 0 Å². The van der Waals surface area contributed by atoms with Gasteiger partial charge < -0.3 is 4.74 Å². The lowest BCUT2D eigenvalue weighted by molar-refractivity contribution is 0.0600. The van der Waals surface area contributed by atoms with E-state index in [9.17, 15) is 4.79 Å². The molecule has 2 rings (SSSR count). The number of methoxy groups -OCH3 is 1. The lowest BCUT2D eigenvalue weighted by Crippen LogP contribution is -2.01. The summed E-state index contributed by atoms with van der Waals surface area (Å²) in [6.45, 7) is 0. The zero-order valence-corrected chi connectivity index (χ0v) is 9.61. The number of nitrogens with zero attached hydrogens (tertiary/aromatic N) is 1. The number of carbonyl (C=O) groups is 1. The second-order valence-corrected chi connectivity index (χ2v) is 3.88. The van der Waals surface area contributed by atoms with Crippen LogP contribution in [0.25, 0.3) is 10.9 Å². The van der Waals surface area contributed by atoms with Crippen LogP contribution < -0.4 is 0 Å². The number of halogens is 1. The maximum absolute atomic E-state index is 11.3. The number of esters is 1. The number of hydrogen-bond acceptors (Lipinski definition) is 3. The predicted molar refractivity (Wildman–Crippen MR) is 60.8 cm³/mol. The van der Waals surface area contributed by atoms with E-state index in [1.165, 1.54) is 13.3 Å². The molecule has 0 amide bonds. The van der Waals surface area contributed by atoms with Gasteiger partial charge in [0.05, 0.1) is 18.2 Å². The van der Waals surface area contributed by atoms with E-state index in [4.69, 9.17) is 0 Å². The van der Waals surface area contributed by atoms with Gasteiger partial charge in [-0.05, 0) is 18.2 Å². The highest BCUT2D eigenvalue weighted by Gasteiger charge is 2.07. The van der Waals surface area contributed by atoms with Crippen molar-refractivity contribution in [3.05, 3.63) is 40.5 Å². The van der Waals surface area contributed by atoms with Gasteiger partial charge in [0, 0.05) is 16.1 Å². The van der Waals surface area contributed by atoms with Crippen molar-refractivity contribution in [2.75, 3.05) is 7.11 Å². The molecule has 0 saturated heterocycles. The Bertz CT molecular complexity index is 525. The Morgan fingerprint density at radius 3 is 3.00 bits per heavy atom. The van der Waals surface area contributed by atoms with Gasteiger partial charge in [0.1, 0.15) is 0 Å². The topological polar surface area (TPSA) is 39.2 Å². The van der Waals surface area contributed by atoms with E-state index in [1.807, 2.05) is 18.2 Å². The zero-order chi connectivity index (χ0) is 10.8. The van der Waals surface area contributed by atoms with Crippen molar-refractivity contribution in [2.24, 2.45) is 0 Å². The third-order valence-corrected chi connectivity index (χ3v) is 2.79. The van der Waals surface area contributed by atoms with E-state index >= 15 is 0 Å². The molecular formula is C11H8BrNO2. The van der Waals surface area contributed by atoms with Crippen molar-refractivity contribution in [1.82, 2.24) is 4.98 Å². The molecule has 0 aliphatic rings. The summed E-state index contributed by atoms with van der Waals surface area (Å²) in [5.41, 5.74) is 1.30. The van der Waals surface area contributed by atoms with E-state index in [-0.39, 0.29) is 5.97 Å². The highest BCUT2D eigenvalue weighted by molar-refractivity contribution is 9.10. The molecule has 3 nitrogen and oxygen atoms in total. The summed E-state index contributed by atoms with van der Waals surface area (Å²) in [5, 5.41) is 0.903. The van der Waals surface area contributed by atoms with E-state index in [0.29, 0.717) is 5.56 Å². The number of pyridine rings is 1. The monoisotopic (exact) mass is 265 g/mol. The molecule has 0 bridgehead atoms. The molecule has 1 aromatic carbocycles. The number of benzene rings is 1. The Hall–Kier alpha value is -1.42. The largest absolute Gasteiger partial charge is 0.465 e. The highest BCUT2D eigenvalue weighted by atomic mass is 79.9. The first-order valence-electron chi connectivity index (χ1n) is 4.35. The van der Waals surface area contributed by atoms with Crippen LogP contribution in [0.2, 0.25) is 0 Å². The Morgan fingerprint density at radius 2 is 2.27 bits per heavy atom. The van der Waals surface area contributed by atoms with Crippen LogP contribution in [0.1, 0.15) is 10.4 Å². The van der Waals surface area contributed by atoms with Crippen LogP contribution >= 0.6 is 15.9 Å². The maximum Gasteiger partial charge on any atom is 0.339 e. The summed E-state index contributed by atoms with van der Waals surface area (Å²) in [4.78, 5) is 15.5. The lowest BCUT2D eigenvalue weighted by atomic mass is 10.1. The molecule has 15 heavy (non-hydrogen) atoms. The van der Waals surface area contributed by atoms with Crippen LogP contribution in [-0.4, -0.2) is 18.1 Å². The van der Waals surface area contributed by atoms with Crippen molar-refractivity contribution < 1.29 is 9.53 Å². The molecule has 0 spiro atoms. The fraction of sp³-hybridized carbons (Fsp3) is 0.0909. The summed E-state index contributed by atoms with van der Waals surface area (Å²) >= 11 is 3.41. The standard InChI is InChI=1S/C11H8BrNO2/c1-15-11(14)7-5-8-9(12)3-2-4-10(8)13-6-7/h2-6H,1H3. The smallest absolute Gasteiger partial charge is 0.339 e. The third-order valence-electron chi connectivity index (χ3n) is 2.09. The average Bonchev–Trinajstić information content (AvgIpc) is 2.28. The molecule has 0 unspecified atom stereocenters. The molecule has 76 valence electrons. The predicted octanol–water partition coefficient (Wildman–Crippen LogP) is 2.78. The first-order chi connectivity index (χ1) is 7.22. The molecule has 1 heterocycles. The van der Waals surface area contributed by atoms with Gasteiger partial charge >= 0.3 is 5.97 Å². The second-order valence-electron chi connectivity index (χ2n) is 3.02. The van der Waals surface area contributed by atoms with Gasteiger partial charge in [0.15, 0.2) is 0 Å². The van der Waals surface area contributed by atoms with Crippen molar-refractivity contribution in [3.8, 4) is 0 Å². The molecule has 0 N–H and O–H groups in total. The number of hydrogen-bond donors (Lipinski definition) is 0. The minimum atomic E-state index is -0.375. The van der Waals surface area contributed by atoms with Gasteiger partial charge in [0.2, 0.25) is 0 Å². The Balaban J connectivity index is 2.64. The van der Waals surface area contributed by atoms with E-state index in [0.717, 1.165) is 15.4 Å². The summed E-state index contributed by atoms with van der Waals surface area (Å²) in [6, 6.07) is 7.46. The summed E-state index contributed by atoms with van der Waals surface area (Å²) < 4.78 is 5.55. The van der Waals surface area contributed by atoms with Gasteiger partial charge in [-0.3, -0.25) is 4.98 Å². The molecule has 0 radical (unpaired) electrons. The third kappa shape index (κ3) is 1.85. The van der Waals surface area contributed by atoms with Gasteiger partial charge in [0.25, 0.3) is 0 Å². The molecule has 1 aromatic heterocycles. The second kappa shape index (κ2) is 3.98. The fourth-order valence-corrected chi connectivity index (χ4v) is 1.81. The van der Waals surface area contributed by atoms with E-state index in [2.05, 4.69) is 25.7 Å². The summed E-state index contributed by atoms with van der Waals surface area (Å²) in [6.07, 6.45) is 1.51. The molecule has 0 atom stereocenters. The molecule has 4 heteroatoms. The molecule has 0 fully saturated rings. The van der Waals surface area contributed by atoms with Gasteiger partial charge in [-0.1, -0.05) is 22.0 Å². The summed E-state index contributed by atoms with van der Waals surface area (Å²) in [7, 11) is 1.35. The van der Waals surface area contributed by atoms with Gasteiger partial charge in [-0.2, -0.15) is 0 Å². The first-order valence-corrected chi connectivity index (χ1v) is 5.14. The van der Waals surface area contributed by atoms with E-state index in [1.54, 1.807) is 6.07 Å². The number of fused-ring (bicyclic) bond motifs is 1. The molecule has 0 saturated carbocycles. The van der Waals surface area contributed by atoms with Crippen molar-refractivity contribution >= 4 is 32.8 Å². The van der Waals surface area contributed by atoms with Crippen LogP contribution in [0.4, 0.5) is 0 Å². The van der Waals surface area contributed by atoms with Crippen LogP contribution in [0.5, 0.6) is 0 Å². The molecule has 2 aromatic rings. The lowest BCUT2D eigenvalue weighted by Gasteiger charge is -2.02. The van der Waals surface area contributed by atoms with Gasteiger partial charge in [-0.25, -0.2) is 4.79 Å². The summed E-state index contributed by atoms with van der Waals surface area (Å²) in [5.74, 6) is -0.375. The molecular weight excluding hydrogens is 258 g/mol. The van der Waals surface area contributed by atoms with Crippen molar-refractivity contribution in [1.29, 1.82) is 0 Å². The van der Waals surface area contributed by atoms with Crippen LogP contribution in [0, 0.1) is 0 Å². The SMILES string of the molecule is COC(=O)c1cnc2cccc(Br)c2c1. The minimum absolute atomic E-state index is 0.375. The quantitative estimate of drug-likeness (QED) is 0.745. The number of carbonyl (C=O) groups excluding carboxylic acids is 1. The number of ether oxygens (including phenoxy) is 1. The molecule has 0 aliphatic heterocycles. The Labute approximate surface area is 95.2 Å². The van der Waals surface area contributed by atoms with Crippen molar-refractivity contribution in [2.45, 2.75) is 0 Å². The Kier molecular flexibility index (Phi) is 2.68. The number of aromatic nitrogens is 1. The first kappa shape index (κ1) is 10.1. The van der Waals surface area contributed by atoms with Crippen LogP contribution in [0.3, 0.4) is 0 Å². The fourth-order valence-electron chi connectivity index (χ4n) is 1.34. The van der Waals surface area contributed by atoms with Crippen LogP contribution in [0.15, 0.2) is 34.9 Å². The molecule has 0 aliphatic carbocycles. The minimum Gasteiger partial charge on any atom is -0.465 e.